The van der Waals surface area contributed by atoms with Gasteiger partial charge in [0.2, 0.25) is 0 Å². The maximum atomic E-state index is 13.6. The second-order valence-corrected chi connectivity index (χ2v) is 3.23. The maximum Gasteiger partial charge on any atom is 0.130 e. The molecule has 13 heavy (non-hydrogen) atoms. The van der Waals surface area contributed by atoms with Crippen LogP contribution in [-0.2, 0) is 0 Å². The second kappa shape index (κ2) is 4.38. The van der Waals surface area contributed by atoms with Gasteiger partial charge in [-0.3, -0.25) is 0 Å². The summed E-state index contributed by atoms with van der Waals surface area (Å²) in [6, 6.07) is 5.65. The molecule has 1 nitrogen and oxygen atoms in total. The van der Waals surface area contributed by atoms with Crippen LogP contribution in [0.5, 0.6) is 0 Å². The van der Waals surface area contributed by atoms with Crippen LogP contribution in [-0.4, -0.2) is 7.05 Å². The van der Waals surface area contributed by atoms with Gasteiger partial charge in [-0.15, -0.1) is 0 Å². The molecule has 0 aromatic heterocycles. The summed E-state index contributed by atoms with van der Waals surface area (Å²) in [5.41, 5.74) is 1.48. The molecule has 1 atom stereocenters. The largest absolute Gasteiger partial charge is 0.313 e. The first kappa shape index (κ1) is 10.2. The number of halogens is 1. The molecule has 0 saturated heterocycles. The van der Waals surface area contributed by atoms with Crippen LogP contribution in [0.25, 0.3) is 0 Å². The lowest BCUT2D eigenvalue weighted by Crippen LogP contribution is -2.16. The monoisotopic (exact) mass is 181 g/mol. The molecule has 72 valence electrons. The number of aryl methyl sites for hydroxylation is 1. The minimum Gasteiger partial charge on any atom is -0.313 e. The average molecular weight is 181 g/mol. The molecule has 0 spiro atoms. The summed E-state index contributed by atoms with van der Waals surface area (Å²) < 4.78 is 13.6. The Morgan fingerprint density at radius 1 is 1.46 bits per heavy atom. The third-order valence-electron chi connectivity index (χ3n) is 2.35. The zero-order chi connectivity index (χ0) is 9.84. The summed E-state index contributed by atoms with van der Waals surface area (Å²) in [6.07, 6.45) is 0.900. The Labute approximate surface area is 79.0 Å². The first-order valence-electron chi connectivity index (χ1n) is 4.63. The summed E-state index contributed by atoms with van der Waals surface area (Å²) in [7, 11) is 1.86. The van der Waals surface area contributed by atoms with E-state index < -0.39 is 0 Å². The Hall–Kier alpha value is -0.890. The van der Waals surface area contributed by atoms with Crippen LogP contribution in [0.4, 0.5) is 4.39 Å². The third-order valence-corrected chi connectivity index (χ3v) is 2.35. The summed E-state index contributed by atoms with van der Waals surface area (Å²) in [5.74, 6) is -0.0799. The van der Waals surface area contributed by atoms with E-state index in [1.54, 1.807) is 13.0 Å². The molecule has 0 amide bonds. The molecule has 0 saturated carbocycles. The van der Waals surface area contributed by atoms with Crippen LogP contribution in [0.15, 0.2) is 18.2 Å². The minimum absolute atomic E-state index is 0.0799. The predicted molar refractivity (Wildman–Crippen MR) is 53.2 cm³/mol. The Kier molecular flexibility index (Phi) is 3.43. The lowest BCUT2D eigenvalue weighted by Gasteiger charge is -2.15. The zero-order valence-corrected chi connectivity index (χ0v) is 8.39. The van der Waals surface area contributed by atoms with Crippen molar-refractivity contribution in [2.75, 3.05) is 7.05 Å². The van der Waals surface area contributed by atoms with Gasteiger partial charge in [0, 0.05) is 11.6 Å². The molecular formula is C11H16FN. The molecule has 0 bridgehead atoms. The number of nitrogens with one attached hydrogen (secondary N) is 1. The molecule has 1 aromatic rings. The Morgan fingerprint density at radius 3 is 2.69 bits per heavy atom. The Bertz CT molecular complexity index is 279. The van der Waals surface area contributed by atoms with Crippen LogP contribution in [0.3, 0.4) is 0 Å². The molecule has 2 heteroatoms. The number of benzene rings is 1. The predicted octanol–water partition coefficient (Wildman–Crippen LogP) is 2.80. The highest BCUT2D eigenvalue weighted by Gasteiger charge is 2.12. The van der Waals surface area contributed by atoms with Gasteiger partial charge < -0.3 is 5.32 Å². The van der Waals surface area contributed by atoms with Crippen molar-refractivity contribution in [3.05, 3.63) is 35.1 Å². The van der Waals surface area contributed by atoms with Crippen molar-refractivity contribution in [2.24, 2.45) is 0 Å². The van der Waals surface area contributed by atoms with Crippen LogP contribution in [0.1, 0.15) is 30.5 Å². The fraction of sp³-hybridized carbons (Fsp3) is 0.455. The van der Waals surface area contributed by atoms with Crippen molar-refractivity contribution >= 4 is 0 Å². The van der Waals surface area contributed by atoms with Gasteiger partial charge >= 0.3 is 0 Å². The fourth-order valence-corrected chi connectivity index (χ4v) is 1.52. The smallest absolute Gasteiger partial charge is 0.130 e. The first-order valence-corrected chi connectivity index (χ1v) is 4.63. The Morgan fingerprint density at radius 2 is 2.15 bits per heavy atom. The van der Waals surface area contributed by atoms with E-state index in [2.05, 4.69) is 5.32 Å². The summed E-state index contributed by atoms with van der Waals surface area (Å²) >= 11 is 0. The fourth-order valence-electron chi connectivity index (χ4n) is 1.52. The molecule has 0 heterocycles. The van der Waals surface area contributed by atoms with E-state index in [0.717, 1.165) is 12.0 Å². The molecular weight excluding hydrogens is 165 g/mol. The van der Waals surface area contributed by atoms with E-state index in [-0.39, 0.29) is 11.9 Å². The molecule has 0 aliphatic carbocycles. The quantitative estimate of drug-likeness (QED) is 0.756. The third kappa shape index (κ3) is 2.07. The van der Waals surface area contributed by atoms with Crippen LogP contribution in [0, 0.1) is 12.7 Å². The van der Waals surface area contributed by atoms with Crippen molar-refractivity contribution in [2.45, 2.75) is 26.3 Å². The first-order chi connectivity index (χ1) is 6.20. The van der Waals surface area contributed by atoms with Gasteiger partial charge in [0.05, 0.1) is 0 Å². The van der Waals surface area contributed by atoms with Crippen LogP contribution < -0.4 is 5.32 Å². The van der Waals surface area contributed by atoms with Gasteiger partial charge in [0.25, 0.3) is 0 Å². The zero-order valence-electron chi connectivity index (χ0n) is 8.39. The Balaban J connectivity index is 3.05. The highest BCUT2D eigenvalue weighted by molar-refractivity contribution is 5.27. The highest BCUT2D eigenvalue weighted by atomic mass is 19.1. The number of rotatable bonds is 3. The molecule has 1 aromatic carbocycles. The topological polar surface area (TPSA) is 12.0 Å². The van der Waals surface area contributed by atoms with E-state index in [4.69, 9.17) is 0 Å². The summed E-state index contributed by atoms with van der Waals surface area (Å²) in [5, 5.41) is 3.10. The maximum absolute atomic E-state index is 13.6. The summed E-state index contributed by atoms with van der Waals surface area (Å²) in [6.45, 7) is 3.84. The van der Waals surface area contributed by atoms with E-state index in [1.165, 1.54) is 0 Å². The van der Waals surface area contributed by atoms with Crippen molar-refractivity contribution in [1.82, 2.24) is 5.32 Å². The van der Waals surface area contributed by atoms with Crippen molar-refractivity contribution in [1.29, 1.82) is 0 Å². The van der Waals surface area contributed by atoms with Gasteiger partial charge in [0.15, 0.2) is 0 Å². The molecule has 1 rings (SSSR count). The van der Waals surface area contributed by atoms with Crippen LogP contribution >= 0.6 is 0 Å². The number of hydrogen-bond donors (Lipinski definition) is 1. The van der Waals surface area contributed by atoms with Crippen molar-refractivity contribution in [3.8, 4) is 0 Å². The number of hydrogen-bond acceptors (Lipinski definition) is 1. The average Bonchev–Trinajstić information content (AvgIpc) is 2.14. The highest BCUT2D eigenvalue weighted by Crippen LogP contribution is 2.21. The lowest BCUT2D eigenvalue weighted by atomic mass is 10.0. The lowest BCUT2D eigenvalue weighted by molar-refractivity contribution is 0.521. The van der Waals surface area contributed by atoms with Gasteiger partial charge in [-0.1, -0.05) is 25.1 Å². The molecule has 1 N–H and O–H groups in total. The second-order valence-electron chi connectivity index (χ2n) is 3.23. The van der Waals surface area contributed by atoms with Gasteiger partial charge in [-0.25, -0.2) is 4.39 Å². The van der Waals surface area contributed by atoms with E-state index in [9.17, 15) is 4.39 Å². The summed E-state index contributed by atoms with van der Waals surface area (Å²) in [4.78, 5) is 0. The SMILES string of the molecule is CCC(NC)c1cccc(C)c1F. The standard InChI is InChI=1S/C11H16FN/c1-4-10(13-3)9-7-5-6-8(2)11(9)12/h5-7,10,13H,4H2,1-3H3. The van der Waals surface area contributed by atoms with E-state index >= 15 is 0 Å². The van der Waals surface area contributed by atoms with Gasteiger partial charge in [-0.2, -0.15) is 0 Å². The van der Waals surface area contributed by atoms with Crippen LogP contribution in [0.2, 0.25) is 0 Å². The molecule has 0 aliphatic rings. The van der Waals surface area contributed by atoms with E-state index in [0.29, 0.717) is 5.56 Å². The van der Waals surface area contributed by atoms with Gasteiger partial charge in [-0.05, 0) is 26.0 Å². The molecule has 0 aliphatic heterocycles. The molecule has 0 fully saturated rings. The van der Waals surface area contributed by atoms with Crippen molar-refractivity contribution < 1.29 is 4.39 Å². The van der Waals surface area contributed by atoms with E-state index in [1.807, 2.05) is 26.1 Å². The van der Waals surface area contributed by atoms with Crippen molar-refractivity contribution in [3.63, 3.8) is 0 Å². The molecule has 1 unspecified atom stereocenters. The normalized spacial score (nSPS) is 12.9. The molecule has 0 radical (unpaired) electrons. The minimum atomic E-state index is -0.0799. The van der Waals surface area contributed by atoms with Gasteiger partial charge in [0.1, 0.15) is 5.82 Å².